The molecule has 17 heavy (non-hydrogen) atoms. The summed E-state index contributed by atoms with van der Waals surface area (Å²) in [6.45, 7) is 0.0339. The minimum absolute atomic E-state index is 0.0339. The molecule has 0 atom stereocenters. The summed E-state index contributed by atoms with van der Waals surface area (Å²) in [4.78, 5) is 21.5. The van der Waals surface area contributed by atoms with Crippen LogP contribution >= 0.6 is 0 Å². The Bertz CT molecular complexity index is 403. The van der Waals surface area contributed by atoms with Crippen LogP contribution in [0.15, 0.2) is 18.2 Å². The Morgan fingerprint density at radius 1 is 1.29 bits per heavy atom. The number of benzene rings is 1. The van der Waals surface area contributed by atoms with Gasteiger partial charge in [0.2, 0.25) is 5.91 Å². The Morgan fingerprint density at radius 2 is 2.00 bits per heavy atom. The largest absolute Gasteiger partial charge is 0.493 e. The van der Waals surface area contributed by atoms with Crippen LogP contribution in [0.3, 0.4) is 0 Å². The molecule has 0 saturated heterocycles. The third kappa shape index (κ3) is 3.79. The first kappa shape index (κ1) is 13.0. The molecule has 5 heteroatoms. The van der Waals surface area contributed by atoms with Crippen LogP contribution in [-0.4, -0.2) is 33.0 Å². The van der Waals surface area contributed by atoms with E-state index in [0.29, 0.717) is 17.8 Å². The van der Waals surface area contributed by atoms with Crippen LogP contribution in [0.4, 0.5) is 0 Å². The maximum atomic E-state index is 11.4. The number of ether oxygens (including phenoxy) is 2. The Hall–Kier alpha value is -2.04. The molecular weight excluding hydrogens is 222 g/mol. The van der Waals surface area contributed by atoms with Crippen molar-refractivity contribution in [1.29, 1.82) is 0 Å². The van der Waals surface area contributed by atoms with Gasteiger partial charge in [0.15, 0.2) is 11.5 Å². The molecule has 1 aromatic carbocycles. The molecule has 0 spiro atoms. The van der Waals surface area contributed by atoms with Gasteiger partial charge in [-0.05, 0) is 17.7 Å². The fourth-order valence-electron chi connectivity index (χ4n) is 1.39. The van der Waals surface area contributed by atoms with Crippen LogP contribution < -0.4 is 14.8 Å². The van der Waals surface area contributed by atoms with E-state index >= 15 is 0 Å². The smallest absolute Gasteiger partial charge is 0.224 e. The maximum absolute atomic E-state index is 11.4. The lowest BCUT2D eigenvalue weighted by molar-refractivity contribution is -0.121. The molecule has 1 amide bonds. The van der Waals surface area contributed by atoms with Gasteiger partial charge in [0.25, 0.3) is 0 Å². The highest BCUT2D eigenvalue weighted by Gasteiger charge is 2.07. The standard InChI is InChI=1S/C12H15NO4/c1-16-10-4-3-9(7-11(10)17-2)8-12(15)13-5-6-14/h3-4,6-7H,5,8H2,1-2H3,(H,13,15). The summed E-state index contributed by atoms with van der Waals surface area (Å²) >= 11 is 0. The second-order valence-corrected chi connectivity index (χ2v) is 3.34. The predicted molar refractivity (Wildman–Crippen MR) is 62.3 cm³/mol. The number of nitrogens with one attached hydrogen (secondary N) is 1. The number of aldehydes is 1. The van der Waals surface area contributed by atoms with Crippen molar-refractivity contribution < 1.29 is 19.1 Å². The molecule has 0 aliphatic rings. The summed E-state index contributed by atoms with van der Waals surface area (Å²) in [5.74, 6) is 0.988. The summed E-state index contributed by atoms with van der Waals surface area (Å²) < 4.78 is 10.2. The SMILES string of the molecule is COc1ccc(CC(=O)NCC=O)cc1OC. The van der Waals surface area contributed by atoms with Gasteiger partial charge >= 0.3 is 0 Å². The second-order valence-electron chi connectivity index (χ2n) is 3.34. The van der Waals surface area contributed by atoms with E-state index < -0.39 is 0 Å². The van der Waals surface area contributed by atoms with E-state index in [0.717, 1.165) is 5.56 Å². The Balaban J connectivity index is 2.71. The summed E-state index contributed by atoms with van der Waals surface area (Å²) in [5, 5.41) is 2.47. The van der Waals surface area contributed by atoms with Crippen LogP contribution in [-0.2, 0) is 16.0 Å². The fourth-order valence-corrected chi connectivity index (χ4v) is 1.39. The van der Waals surface area contributed by atoms with Gasteiger partial charge in [0.1, 0.15) is 6.29 Å². The monoisotopic (exact) mass is 237 g/mol. The van der Waals surface area contributed by atoms with Crippen molar-refractivity contribution in [3.05, 3.63) is 23.8 Å². The van der Waals surface area contributed by atoms with Crippen molar-refractivity contribution in [2.75, 3.05) is 20.8 Å². The zero-order valence-corrected chi connectivity index (χ0v) is 9.86. The molecular formula is C12H15NO4. The minimum Gasteiger partial charge on any atom is -0.493 e. The number of hydrogen-bond acceptors (Lipinski definition) is 4. The Morgan fingerprint density at radius 3 is 2.59 bits per heavy atom. The maximum Gasteiger partial charge on any atom is 0.224 e. The van der Waals surface area contributed by atoms with Gasteiger partial charge in [-0.2, -0.15) is 0 Å². The van der Waals surface area contributed by atoms with E-state index in [4.69, 9.17) is 9.47 Å². The number of rotatable bonds is 6. The van der Waals surface area contributed by atoms with Crippen molar-refractivity contribution in [3.63, 3.8) is 0 Å². The van der Waals surface area contributed by atoms with Gasteiger partial charge in [-0.1, -0.05) is 6.07 Å². The van der Waals surface area contributed by atoms with Crippen LogP contribution in [0.25, 0.3) is 0 Å². The molecule has 92 valence electrons. The first-order valence-electron chi connectivity index (χ1n) is 5.12. The Kier molecular flexibility index (Phi) is 5.00. The summed E-state index contributed by atoms with van der Waals surface area (Å²) in [6.07, 6.45) is 0.848. The number of hydrogen-bond donors (Lipinski definition) is 1. The summed E-state index contributed by atoms with van der Waals surface area (Å²) in [5.41, 5.74) is 0.797. The second kappa shape index (κ2) is 6.52. The first-order chi connectivity index (χ1) is 8.21. The predicted octanol–water partition coefficient (Wildman–Crippen LogP) is 0.561. The Labute approximate surface area is 99.7 Å². The quantitative estimate of drug-likeness (QED) is 0.734. The highest BCUT2D eigenvalue weighted by Crippen LogP contribution is 2.27. The number of methoxy groups -OCH3 is 2. The zero-order valence-electron chi connectivity index (χ0n) is 9.86. The fraction of sp³-hybridized carbons (Fsp3) is 0.333. The molecule has 0 saturated carbocycles. The van der Waals surface area contributed by atoms with Gasteiger partial charge in [0.05, 0.1) is 27.2 Å². The van der Waals surface area contributed by atoms with E-state index in [1.807, 2.05) is 0 Å². The molecule has 1 rings (SSSR count). The first-order valence-corrected chi connectivity index (χ1v) is 5.12. The molecule has 0 heterocycles. The number of carbonyl (C=O) groups is 2. The zero-order chi connectivity index (χ0) is 12.7. The molecule has 1 N–H and O–H groups in total. The molecule has 5 nitrogen and oxygen atoms in total. The molecule has 0 aliphatic heterocycles. The lowest BCUT2D eigenvalue weighted by Crippen LogP contribution is -2.26. The minimum atomic E-state index is -0.204. The molecule has 0 radical (unpaired) electrons. The van der Waals surface area contributed by atoms with E-state index in [9.17, 15) is 9.59 Å². The van der Waals surface area contributed by atoms with Crippen molar-refractivity contribution in [2.45, 2.75) is 6.42 Å². The number of carbonyl (C=O) groups excluding carboxylic acids is 2. The molecule has 1 aromatic rings. The lowest BCUT2D eigenvalue weighted by Gasteiger charge is -2.09. The normalized spacial score (nSPS) is 9.53. The summed E-state index contributed by atoms with van der Waals surface area (Å²) in [6, 6.07) is 5.25. The number of amides is 1. The highest BCUT2D eigenvalue weighted by molar-refractivity contribution is 5.80. The summed E-state index contributed by atoms with van der Waals surface area (Å²) in [7, 11) is 3.09. The van der Waals surface area contributed by atoms with E-state index in [1.54, 1.807) is 25.3 Å². The average Bonchev–Trinajstić information content (AvgIpc) is 2.36. The third-order valence-corrected chi connectivity index (χ3v) is 2.20. The van der Waals surface area contributed by atoms with Crippen molar-refractivity contribution in [3.8, 4) is 11.5 Å². The van der Waals surface area contributed by atoms with E-state index in [-0.39, 0.29) is 18.9 Å². The van der Waals surface area contributed by atoms with Crippen LogP contribution in [0.5, 0.6) is 11.5 Å². The van der Waals surface area contributed by atoms with Crippen molar-refractivity contribution in [1.82, 2.24) is 5.32 Å². The van der Waals surface area contributed by atoms with Gasteiger partial charge in [-0.25, -0.2) is 0 Å². The van der Waals surface area contributed by atoms with E-state index in [1.165, 1.54) is 7.11 Å². The van der Waals surface area contributed by atoms with Gasteiger partial charge < -0.3 is 19.6 Å². The average molecular weight is 237 g/mol. The van der Waals surface area contributed by atoms with Crippen molar-refractivity contribution in [2.24, 2.45) is 0 Å². The molecule has 0 unspecified atom stereocenters. The molecule has 0 bridgehead atoms. The van der Waals surface area contributed by atoms with Gasteiger partial charge in [-0.3, -0.25) is 4.79 Å². The van der Waals surface area contributed by atoms with Crippen LogP contribution in [0.2, 0.25) is 0 Å². The molecule has 0 aliphatic carbocycles. The molecule has 0 aromatic heterocycles. The lowest BCUT2D eigenvalue weighted by atomic mass is 10.1. The molecule has 0 fully saturated rings. The van der Waals surface area contributed by atoms with Crippen molar-refractivity contribution >= 4 is 12.2 Å². The van der Waals surface area contributed by atoms with Crippen LogP contribution in [0.1, 0.15) is 5.56 Å². The topological polar surface area (TPSA) is 64.6 Å². The highest BCUT2D eigenvalue weighted by atomic mass is 16.5. The van der Waals surface area contributed by atoms with Gasteiger partial charge in [0, 0.05) is 0 Å². The van der Waals surface area contributed by atoms with Crippen LogP contribution in [0, 0.1) is 0 Å². The van der Waals surface area contributed by atoms with Gasteiger partial charge in [-0.15, -0.1) is 0 Å². The van der Waals surface area contributed by atoms with E-state index in [2.05, 4.69) is 5.32 Å². The third-order valence-electron chi connectivity index (χ3n) is 2.20.